The Labute approximate surface area is 124 Å². The van der Waals surface area contributed by atoms with Crippen LogP contribution >= 0.6 is 0 Å². The molecule has 5 nitrogen and oxygen atoms in total. The van der Waals surface area contributed by atoms with Crippen molar-refractivity contribution in [1.29, 1.82) is 0 Å². The molecule has 3 rings (SSSR count). The summed E-state index contributed by atoms with van der Waals surface area (Å²) < 4.78 is 31.8. The highest BCUT2D eigenvalue weighted by Gasteiger charge is 2.22. The molecule has 0 fully saturated rings. The highest BCUT2D eigenvalue weighted by atomic mass is 32.2. The predicted octanol–water partition coefficient (Wildman–Crippen LogP) is 2.14. The third-order valence-electron chi connectivity index (χ3n) is 3.45. The summed E-state index contributed by atoms with van der Waals surface area (Å²) in [5.74, 6) is 0.658. The van der Waals surface area contributed by atoms with Crippen LogP contribution in [0.3, 0.4) is 0 Å². The quantitative estimate of drug-likeness (QED) is 0.911. The average Bonchev–Trinajstić information content (AvgIpc) is 2.54. The van der Waals surface area contributed by atoms with Crippen LogP contribution in [-0.4, -0.2) is 22.0 Å². The topological polar surface area (TPSA) is 67.4 Å². The van der Waals surface area contributed by atoms with Gasteiger partial charge in [0, 0.05) is 0 Å². The second-order valence-corrected chi connectivity index (χ2v) is 6.65. The van der Waals surface area contributed by atoms with Crippen LogP contribution in [0, 0.1) is 0 Å². The SMILES string of the molecule is CNS(=O)(=O)c1ccc2c(c1)NCC(c1ccccc1)O2. The Morgan fingerprint density at radius 1 is 1.19 bits per heavy atom. The highest BCUT2D eigenvalue weighted by Crippen LogP contribution is 2.35. The first kappa shape index (κ1) is 13.9. The first-order chi connectivity index (χ1) is 10.1. The van der Waals surface area contributed by atoms with Gasteiger partial charge in [0.15, 0.2) is 0 Å². The van der Waals surface area contributed by atoms with Gasteiger partial charge in [0.2, 0.25) is 10.0 Å². The number of anilines is 1. The number of ether oxygens (including phenoxy) is 1. The predicted molar refractivity (Wildman–Crippen MR) is 81.0 cm³/mol. The molecule has 1 unspecified atom stereocenters. The lowest BCUT2D eigenvalue weighted by Crippen LogP contribution is -2.24. The third-order valence-corrected chi connectivity index (χ3v) is 4.86. The summed E-state index contributed by atoms with van der Waals surface area (Å²) in [4.78, 5) is 0.220. The summed E-state index contributed by atoms with van der Waals surface area (Å²) in [6.45, 7) is 0.597. The molecule has 0 spiro atoms. The van der Waals surface area contributed by atoms with Gasteiger partial charge >= 0.3 is 0 Å². The molecule has 1 heterocycles. The molecule has 0 saturated heterocycles. The first-order valence-electron chi connectivity index (χ1n) is 6.63. The number of nitrogens with one attached hydrogen (secondary N) is 2. The molecule has 2 aromatic rings. The fraction of sp³-hybridized carbons (Fsp3) is 0.200. The van der Waals surface area contributed by atoms with Crippen molar-refractivity contribution in [3.05, 3.63) is 54.1 Å². The molecule has 0 radical (unpaired) electrons. The van der Waals surface area contributed by atoms with Crippen LogP contribution < -0.4 is 14.8 Å². The van der Waals surface area contributed by atoms with E-state index in [1.807, 2.05) is 30.3 Å². The maximum atomic E-state index is 11.8. The van der Waals surface area contributed by atoms with Crippen molar-refractivity contribution in [1.82, 2.24) is 4.72 Å². The van der Waals surface area contributed by atoms with Crippen LogP contribution in [-0.2, 0) is 10.0 Å². The number of sulfonamides is 1. The molecular formula is C15H16N2O3S. The summed E-state index contributed by atoms with van der Waals surface area (Å²) in [6, 6.07) is 14.7. The molecule has 0 saturated carbocycles. The molecule has 1 atom stereocenters. The molecule has 2 N–H and O–H groups in total. The van der Waals surface area contributed by atoms with Crippen LogP contribution in [0.5, 0.6) is 5.75 Å². The van der Waals surface area contributed by atoms with E-state index in [4.69, 9.17) is 4.74 Å². The van der Waals surface area contributed by atoms with Crippen LogP contribution in [0.25, 0.3) is 0 Å². The minimum absolute atomic E-state index is 0.0783. The molecule has 0 aromatic heterocycles. The molecule has 6 heteroatoms. The van der Waals surface area contributed by atoms with Crippen molar-refractivity contribution in [3.8, 4) is 5.75 Å². The van der Waals surface area contributed by atoms with Crippen molar-refractivity contribution >= 4 is 15.7 Å². The van der Waals surface area contributed by atoms with Gasteiger partial charge in [-0.2, -0.15) is 0 Å². The normalized spacial score (nSPS) is 17.5. The second kappa shape index (κ2) is 5.38. The van der Waals surface area contributed by atoms with Gasteiger partial charge in [0.05, 0.1) is 17.1 Å². The molecule has 1 aliphatic rings. The molecule has 0 bridgehead atoms. The zero-order valence-corrected chi connectivity index (χ0v) is 12.4. The lowest BCUT2D eigenvalue weighted by atomic mass is 10.1. The maximum Gasteiger partial charge on any atom is 0.240 e. The molecule has 0 amide bonds. The minimum Gasteiger partial charge on any atom is -0.482 e. The molecule has 0 aliphatic carbocycles. The van der Waals surface area contributed by atoms with Gasteiger partial charge in [0.25, 0.3) is 0 Å². The van der Waals surface area contributed by atoms with Gasteiger partial charge in [-0.05, 0) is 30.8 Å². The number of rotatable bonds is 3. The van der Waals surface area contributed by atoms with E-state index in [0.717, 1.165) is 5.56 Å². The lowest BCUT2D eigenvalue weighted by Gasteiger charge is -2.28. The standard InChI is InChI=1S/C15H16N2O3S/c1-16-21(18,19)12-7-8-14-13(9-12)17-10-15(20-14)11-5-3-2-4-6-11/h2-9,15-17H,10H2,1H3. The summed E-state index contributed by atoms with van der Waals surface area (Å²) in [5.41, 5.74) is 1.78. The third kappa shape index (κ3) is 2.72. The Balaban J connectivity index is 1.89. The van der Waals surface area contributed by atoms with Gasteiger partial charge in [-0.15, -0.1) is 0 Å². The van der Waals surface area contributed by atoms with E-state index in [9.17, 15) is 8.42 Å². The molecule has 21 heavy (non-hydrogen) atoms. The molecule has 110 valence electrons. The van der Waals surface area contributed by atoms with Crippen molar-refractivity contribution in [2.24, 2.45) is 0 Å². The molecule has 2 aromatic carbocycles. The van der Waals surface area contributed by atoms with E-state index in [1.165, 1.54) is 7.05 Å². The fourth-order valence-electron chi connectivity index (χ4n) is 2.29. The largest absolute Gasteiger partial charge is 0.482 e. The average molecular weight is 304 g/mol. The minimum atomic E-state index is -3.44. The van der Waals surface area contributed by atoms with E-state index in [0.29, 0.717) is 18.0 Å². The summed E-state index contributed by atoms with van der Waals surface area (Å²) in [5, 5.41) is 3.23. The molecule has 1 aliphatic heterocycles. The lowest BCUT2D eigenvalue weighted by molar-refractivity contribution is 0.210. The summed E-state index contributed by atoms with van der Waals surface area (Å²) in [6.07, 6.45) is -0.0783. The Kier molecular flexibility index (Phi) is 3.57. The Morgan fingerprint density at radius 3 is 2.67 bits per heavy atom. The Bertz CT molecular complexity index is 745. The van der Waals surface area contributed by atoms with E-state index in [-0.39, 0.29) is 11.0 Å². The van der Waals surface area contributed by atoms with Gasteiger partial charge in [-0.3, -0.25) is 0 Å². The van der Waals surface area contributed by atoms with Crippen molar-refractivity contribution in [3.63, 3.8) is 0 Å². The second-order valence-electron chi connectivity index (χ2n) is 4.76. The number of hydrogen-bond acceptors (Lipinski definition) is 4. The maximum absolute atomic E-state index is 11.8. The van der Waals surface area contributed by atoms with Crippen molar-refractivity contribution in [2.75, 3.05) is 18.9 Å². The van der Waals surface area contributed by atoms with Gasteiger partial charge < -0.3 is 10.1 Å². The zero-order valence-electron chi connectivity index (χ0n) is 11.5. The van der Waals surface area contributed by atoms with Gasteiger partial charge in [-0.25, -0.2) is 13.1 Å². The van der Waals surface area contributed by atoms with Gasteiger partial charge in [0.1, 0.15) is 11.9 Å². The fourth-order valence-corrected chi connectivity index (χ4v) is 3.04. The van der Waals surface area contributed by atoms with E-state index in [2.05, 4.69) is 10.0 Å². The van der Waals surface area contributed by atoms with E-state index < -0.39 is 10.0 Å². The van der Waals surface area contributed by atoms with Crippen LogP contribution in [0.15, 0.2) is 53.4 Å². The first-order valence-corrected chi connectivity index (χ1v) is 8.11. The number of hydrogen-bond donors (Lipinski definition) is 2. The highest BCUT2D eigenvalue weighted by molar-refractivity contribution is 7.89. The smallest absolute Gasteiger partial charge is 0.240 e. The zero-order chi connectivity index (χ0) is 14.9. The summed E-state index contributed by atoms with van der Waals surface area (Å²) in [7, 11) is -2.05. The number of fused-ring (bicyclic) bond motifs is 1. The molecular weight excluding hydrogens is 288 g/mol. The Morgan fingerprint density at radius 2 is 1.95 bits per heavy atom. The monoisotopic (exact) mass is 304 g/mol. The van der Waals surface area contributed by atoms with E-state index >= 15 is 0 Å². The Hall–Kier alpha value is -2.05. The van der Waals surface area contributed by atoms with Crippen molar-refractivity contribution < 1.29 is 13.2 Å². The van der Waals surface area contributed by atoms with Crippen LogP contribution in [0.1, 0.15) is 11.7 Å². The number of benzene rings is 2. The van der Waals surface area contributed by atoms with Crippen molar-refractivity contribution in [2.45, 2.75) is 11.0 Å². The van der Waals surface area contributed by atoms with Crippen LogP contribution in [0.2, 0.25) is 0 Å². The van der Waals surface area contributed by atoms with E-state index in [1.54, 1.807) is 18.2 Å². The van der Waals surface area contributed by atoms with Gasteiger partial charge in [-0.1, -0.05) is 30.3 Å². The summed E-state index contributed by atoms with van der Waals surface area (Å²) >= 11 is 0. The van der Waals surface area contributed by atoms with Crippen LogP contribution in [0.4, 0.5) is 5.69 Å².